The lowest BCUT2D eigenvalue weighted by Gasteiger charge is -2.36. The number of hydrogen-bond acceptors (Lipinski definition) is 4. The van der Waals surface area contributed by atoms with Crippen molar-refractivity contribution in [2.75, 3.05) is 13.2 Å². The average Bonchev–Trinajstić information content (AvgIpc) is 2.79. The van der Waals surface area contributed by atoms with Crippen molar-refractivity contribution in [3.8, 4) is 0 Å². The van der Waals surface area contributed by atoms with E-state index >= 15 is 0 Å². The van der Waals surface area contributed by atoms with Crippen LogP contribution < -0.4 is 0 Å². The standard InChI is InChI=1S/C16H20N2O2/c1-11-15(12(2)20-17-11)9-18-8-7-13-5-3-4-6-14(13)16(18)10-19/h3-6,16,19H,7-10H2,1-2H3. The van der Waals surface area contributed by atoms with E-state index in [0.717, 1.165) is 36.5 Å². The maximum atomic E-state index is 9.79. The molecule has 1 aromatic heterocycles. The molecular formula is C16H20N2O2. The summed E-state index contributed by atoms with van der Waals surface area (Å²) in [4.78, 5) is 2.31. The van der Waals surface area contributed by atoms with Crippen molar-refractivity contribution in [2.45, 2.75) is 32.9 Å². The van der Waals surface area contributed by atoms with E-state index in [1.807, 2.05) is 19.9 Å². The Hall–Kier alpha value is -1.65. The van der Waals surface area contributed by atoms with Crippen molar-refractivity contribution in [3.63, 3.8) is 0 Å². The highest BCUT2D eigenvalue weighted by atomic mass is 16.5. The molecule has 0 amide bonds. The number of aryl methyl sites for hydroxylation is 2. The van der Waals surface area contributed by atoms with E-state index in [-0.39, 0.29) is 12.6 Å². The largest absolute Gasteiger partial charge is 0.394 e. The molecule has 4 heteroatoms. The average molecular weight is 272 g/mol. The maximum Gasteiger partial charge on any atom is 0.138 e. The fourth-order valence-electron chi connectivity index (χ4n) is 3.04. The minimum atomic E-state index is 0.0636. The third-order valence-corrected chi connectivity index (χ3v) is 4.24. The Balaban J connectivity index is 1.88. The molecule has 106 valence electrons. The van der Waals surface area contributed by atoms with Gasteiger partial charge in [-0.25, -0.2) is 0 Å². The lowest BCUT2D eigenvalue weighted by molar-refractivity contribution is 0.107. The summed E-state index contributed by atoms with van der Waals surface area (Å²) >= 11 is 0. The highest BCUT2D eigenvalue weighted by molar-refractivity contribution is 5.33. The molecule has 0 bridgehead atoms. The molecule has 0 aliphatic carbocycles. The lowest BCUT2D eigenvalue weighted by Crippen LogP contribution is -2.37. The lowest BCUT2D eigenvalue weighted by atomic mass is 9.92. The topological polar surface area (TPSA) is 49.5 Å². The van der Waals surface area contributed by atoms with Gasteiger partial charge in [-0.05, 0) is 31.4 Å². The second-order valence-corrected chi connectivity index (χ2v) is 5.42. The molecule has 2 aromatic rings. The van der Waals surface area contributed by atoms with Gasteiger partial charge in [0, 0.05) is 18.7 Å². The SMILES string of the molecule is Cc1noc(C)c1CN1CCc2ccccc2C1CO. The Morgan fingerprint density at radius 1 is 1.35 bits per heavy atom. The van der Waals surface area contributed by atoms with E-state index in [4.69, 9.17) is 4.52 Å². The Morgan fingerprint density at radius 3 is 2.85 bits per heavy atom. The molecular weight excluding hydrogens is 252 g/mol. The summed E-state index contributed by atoms with van der Waals surface area (Å²) in [5.74, 6) is 0.873. The molecule has 1 N–H and O–H groups in total. The van der Waals surface area contributed by atoms with E-state index in [1.165, 1.54) is 11.1 Å². The van der Waals surface area contributed by atoms with Crippen LogP contribution in [0, 0.1) is 13.8 Å². The fraction of sp³-hybridized carbons (Fsp3) is 0.438. The Kier molecular flexibility index (Phi) is 3.59. The van der Waals surface area contributed by atoms with Gasteiger partial charge >= 0.3 is 0 Å². The smallest absolute Gasteiger partial charge is 0.138 e. The minimum absolute atomic E-state index is 0.0636. The number of hydrogen-bond donors (Lipinski definition) is 1. The number of aliphatic hydroxyl groups is 1. The molecule has 0 saturated heterocycles. The highest BCUT2D eigenvalue weighted by Crippen LogP contribution is 2.31. The summed E-state index contributed by atoms with van der Waals surface area (Å²) in [5.41, 5.74) is 4.68. The summed E-state index contributed by atoms with van der Waals surface area (Å²) in [7, 11) is 0. The van der Waals surface area contributed by atoms with Gasteiger partial charge < -0.3 is 9.63 Å². The maximum absolute atomic E-state index is 9.79. The highest BCUT2D eigenvalue weighted by Gasteiger charge is 2.27. The number of fused-ring (bicyclic) bond motifs is 1. The van der Waals surface area contributed by atoms with Gasteiger partial charge in [0.1, 0.15) is 5.76 Å². The summed E-state index contributed by atoms with van der Waals surface area (Å²) in [6, 6.07) is 8.45. The normalized spacial score (nSPS) is 19.1. The molecule has 20 heavy (non-hydrogen) atoms. The number of rotatable bonds is 3. The molecule has 0 saturated carbocycles. The minimum Gasteiger partial charge on any atom is -0.394 e. The van der Waals surface area contributed by atoms with Crippen LogP contribution in [0.4, 0.5) is 0 Å². The van der Waals surface area contributed by atoms with Gasteiger partial charge in [-0.15, -0.1) is 0 Å². The van der Waals surface area contributed by atoms with Crippen LogP contribution in [0.15, 0.2) is 28.8 Å². The van der Waals surface area contributed by atoms with Gasteiger partial charge in [-0.1, -0.05) is 29.4 Å². The van der Waals surface area contributed by atoms with Crippen LogP contribution in [-0.4, -0.2) is 28.3 Å². The van der Waals surface area contributed by atoms with E-state index < -0.39 is 0 Å². The predicted octanol–water partition coefficient (Wildman–Crippen LogP) is 2.38. The Labute approximate surface area is 119 Å². The van der Waals surface area contributed by atoms with Gasteiger partial charge in [0.15, 0.2) is 0 Å². The second kappa shape index (κ2) is 5.38. The van der Waals surface area contributed by atoms with Gasteiger partial charge in [0.25, 0.3) is 0 Å². The Bertz CT molecular complexity index is 587. The molecule has 2 heterocycles. The van der Waals surface area contributed by atoms with Crippen molar-refractivity contribution in [1.29, 1.82) is 0 Å². The molecule has 0 radical (unpaired) electrons. The third-order valence-electron chi connectivity index (χ3n) is 4.24. The third kappa shape index (κ3) is 2.25. The van der Waals surface area contributed by atoms with Crippen molar-refractivity contribution < 1.29 is 9.63 Å². The van der Waals surface area contributed by atoms with Crippen LogP contribution in [-0.2, 0) is 13.0 Å². The van der Waals surface area contributed by atoms with Crippen molar-refractivity contribution in [3.05, 3.63) is 52.4 Å². The van der Waals surface area contributed by atoms with Crippen LogP contribution in [0.5, 0.6) is 0 Å². The van der Waals surface area contributed by atoms with Crippen LogP contribution in [0.1, 0.15) is 34.2 Å². The second-order valence-electron chi connectivity index (χ2n) is 5.42. The number of aliphatic hydroxyl groups excluding tert-OH is 1. The molecule has 1 atom stereocenters. The monoisotopic (exact) mass is 272 g/mol. The van der Waals surface area contributed by atoms with Crippen molar-refractivity contribution >= 4 is 0 Å². The first kappa shape index (κ1) is 13.3. The van der Waals surface area contributed by atoms with E-state index in [1.54, 1.807) is 0 Å². The fourth-order valence-corrected chi connectivity index (χ4v) is 3.04. The molecule has 4 nitrogen and oxygen atoms in total. The molecule has 1 aliphatic heterocycles. The van der Waals surface area contributed by atoms with E-state index in [0.29, 0.717) is 0 Å². The first-order valence-corrected chi connectivity index (χ1v) is 7.05. The summed E-state index contributed by atoms with van der Waals surface area (Å²) in [6.45, 7) is 5.78. The molecule has 3 rings (SSSR count). The number of nitrogens with zero attached hydrogens (tertiary/aromatic N) is 2. The molecule has 1 aromatic carbocycles. The van der Waals surface area contributed by atoms with Gasteiger partial charge in [-0.3, -0.25) is 4.90 Å². The quantitative estimate of drug-likeness (QED) is 0.932. The van der Waals surface area contributed by atoms with Gasteiger partial charge in [-0.2, -0.15) is 0 Å². The summed E-state index contributed by atoms with van der Waals surface area (Å²) < 4.78 is 5.24. The molecule has 0 fully saturated rings. The van der Waals surface area contributed by atoms with Crippen LogP contribution >= 0.6 is 0 Å². The first-order valence-electron chi connectivity index (χ1n) is 7.05. The predicted molar refractivity (Wildman–Crippen MR) is 76.4 cm³/mol. The first-order chi connectivity index (χ1) is 9.70. The summed E-state index contributed by atoms with van der Waals surface area (Å²) in [6.07, 6.45) is 1.02. The molecule has 0 spiro atoms. The molecule has 1 aliphatic rings. The molecule has 1 unspecified atom stereocenters. The van der Waals surface area contributed by atoms with Gasteiger partial charge in [0.2, 0.25) is 0 Å². The van der Waals surface area contributed by atoms with Gasteiger partial charge in [0.05, 0.1) is 18.3 Å². The number of benzene rings is 1. The number of aromatic nitrogens is 1. The van der Waals surface area contributed by atoms with Crippen LogP contribution in [0.2, 0.25) is 0 Å². The zero-order chi connectivity index (χ0) is 14.1. The summed E-state index contributed by atoms with van der Waals surface area (Å²) in [5, 5.41) is 13.8. The van der Waals surface area contributed by atoms with Crippen LogP contribution in [0.25, 0.3) is 0 Å². The zero-order valence-electron chi connectivity index (χ0n) is 12.0. The van der Waals surface area contributed by atoms with Crippen LogP contribution in [0.3, 0.4) is 0 Å². The van der Waals surface area contributed by atoms with Crippen molar-refractivity contribution in [1.82, 2.24) is 10.1 Å². The van der Waals surface area contributed by atoms with E-state index in [2.05, 4.69) is 28.3 Å². The Morgan fingerprint density at radius 2 is 2.15 bits per heavy atom. The van der Waals surface area contributed by atoms with E-state index in [9.17, 15) is 5.11 Å². The van der Waals surface area contributed by atoms with Crippen molar-refractivity contribution in [2.24, 2.45) is 0 Å². The zero-order valence-corrected chi connectivity index (χ0v) is 12.0.